The minimum absolute atomic E-state index is 0.179. The van der Waals surface area contributed by atoms with Gasteiger partial charge in [0.05, 0.1) is 13.2 Å². The van der Waals surface area contributed by atoms with E-state index in [1.165, 1.54) is 0 Å². The van der Waals surface area contributed by atoms with Gasteiger partial charge in [-0.1, -0.05) is 6.07 Å². The van der Waals surface area contributed by atoms with Crippen LogP contribution in [0.15, 0.2) is 28.8 Å². The molecular formula is C12H13N3O3. The number of ether oxygens (including phenoxy) is 1. The maximum Gasteiger partial charge on any atom is 0.266 e. The fraction of sp³-hybridized carbons (Fsp3) is 0.333. The minimum Gasteiger partial charge on any atom is -0.508 e. The van der Waals surface area contributed by atoms with E-state index in [1.54, 1.807) is 18.2 Å². The summed E-state index contributed by atoms with van der Waals surface area (Å²) in [7, 11) is 0. The molecule has 1 saturated heterocycles. The van der Waals surface area contributed by atoms with Gasteiger partial charge >= 0.3 is 0 Å². The van der Waals surface area contributed by atoms with Crippen molar-refractivity contribution in [3.63, 3.8) is 0 Å². The maximum atomic E-state index is 9.41. The zero-order valence-electron chi connectivity index (χ0n) is 9.74. The molecule has 0 amide bonds. The molecule has 18 heavy (non-hydrogen) atoms. The van der Waals surface area contributed by atoms with E-state index < -0.39 is 0 Å². The molecule has 6 heteroatoms. The van der Waals surface area contributed by atoms with Crippen LogP contribution >= 0.6 is 0 Å². The molecule has 1 aliphatic heterocycles. The first-order valence-electron chi connectivity index (χ1n) is 5.79. The molecular weight excluding hydrogens is 234 g/mol. The van der Waals surface area contributed by atoms with Crippen LogP contribution in [0.1, 0.15) is 0 Å². The number of phenols is 1. The molecule has 3 rings (SSSR count). The number of anilines is 1. The molecule has 0 spiro atoms. The quantitative estimate of drug-likeness (QED) is 0.861. The summed E-state index contributed by atoms with van der Waals surface area (Å²) in [6.45, 7) is 2.88. The molecule has 1 N–H and O–H groups in total. The van der Waals surface area contributed by atoms with Gasteiger partial charge in [-0.15, -0.1) is 0 Å². The van der Waals surface area contributed by atoms with Gasteiger partial charge in [0.1, 0.15) is 5.75 Å². The maximum absolute atomic E-state index is 9.41. The predicted octanol–water partition coefficient (Wildman–Crippen LogP) is 1.28. The van der Waals surface area contributed by atoms with Gasteiger partial charge in [-0.05, 0) is 23.4 Å². The van der Waals surface area contributed by atoms with E-state index in [0.717, 1.165) is 13.1 Å². The molecule has 1 aliphatic rings. The normalized spacial score (nSPS) is 15.9. The van der Waals surface area contributed by atoms with Crippen LogP contribution in [0.2, 0.25) is 0 Å². The van der Waals surface area contributed by atoms with Crippen LogP contribution in [0.5, 0.6) is 5.75 Å². The van der Waals surface area contributed by atoms with E-state index in [1.807, 2.05) is 11.0 Å². The lowest BCUT2D eigenvalue weighted by molar-refractivity contribution is 0.121. The Bertz CT molecular complexity index is 535. The zero-order chi connectivity index (χ0) is 12.4. The third-order valence-electron chi connectivity index (χ3n) is 2.80. The van der Waals surface area contributed by atoms with Crippen molar-refractivity contribution in [3.8, 4) is 17.2 Å². The summed E-state index contributed by atoms with van der Waals surface area (Å²) < 4.78 is 10.5. The first kappa shape index (κ1) is 11.0. The smallest absolute Gasteiger partial charge is 0.266 e. The highest BCUT2D eigenvalue weighted by Gasteiger charge is 2.17. The lowest BCUT2D eigenvalue weighted by Crippen LogP contribution is -2.36. The lowest BCUT2D eigenvalue weighted by atomic mass is 10.2. The third kappa shape index (κ3) is 2.14. The van der Waals surface area contributed by atoms with Crippen LogP contribution in [-0.4, -0.2) is 41.6 Å². The molecule has 1 fully saturated rings. The van der Waals surface area contributed by atoms with Crippen molar-refractivity contribution in [1.29, 1.82) is 0 Å². The van der Waals surface area contributed by atoms with Crippen LogP contribution < -0.4 is 4.90 Å². The summed E-state index contributed by atoms with van der Waals surface area (Å²) in [6, 6.07) is 6.75. The van der Waals surface area contributed by atoms with Gasteiger partial charge < -0.3 is 19.3 Å². The number of hydrogen-bond acceptors (Lipinski definition) is 6. The van der Waals surface area contributed by atoms with E-state index in [-0.39, 0.29) is 5.75 Å². The molecule has 0 saturated carbocycles. The Morgan fingerprint density at radius 3 is 2.83 bits per heavy atom. The van der Waals surface area contributed by atoms with Gasteiger partial charge in [-0.3, -0.25) is 0 Å². The van der Waals surface area contributed by atoms with Crippen LogP contribution in [-0.2, 0) is 4.74 Å². The Kier molecular flexibility index (Phi) is 2.85. The summed E-state index contributed by atoms with van der Waals surface area (Å²) in [5, 5.41) is 13.4. The molecule has 1 aromatic carbocycles. The Morgan fingerprint density at radius 1 is 1.22 bits per heavy atom. The lowest BCUT2D eigenvalue weighted by Gasteiger charge is -2.24. The van der Waals surface area contributed by atoms with Gasteiger partial charge in [0.2, 0.25) is 0 Å². The summed E-state index contributed by atoms with van der Waals surface area (Å²) in [5.74, 6) is 1.16. The summed E-state index contributed by atoms with van der Waals surface area (Å²) >= 11 is 0. The van der Waals surface area contributed by atoms with E-state index in [2.05, 4.69) is 10.1 Å². The van der Waals surface area contributed by atoms with Crippen molar-refractivity contribution in [2.75, 3.05) is 31.2 Å². The van der Waals surface area contributed by atoms with Gasteiger partial charge in [0, 0.05) is 18.7 Å². The number of nitrogens with zero attached hydrogens (tertiary/aromatic N) is 3. The van der Waals surface area contributed by atoms with E-state index in [4.69, 9.17) is 9.26 Å². The van der Waals surface area contributed by atoms with Crippen molar-refractivity contribution in [2.24, 2.45) is 0 Å². The first-order valence-corrected chi connectivity index (χ1v) is 5.79. The van der Waals surface area contributed by atoms with Gasteiger partial charge in [-0.25, -0.2) is 0 Å². The molecule has 0 bridgehead atoms. The monoisotopic (exact) mass is 247 g/mol. The SMILES string of the molecule is Oc1cccc(-c2nc(N3CCOCC3)no2)c1. The fourth-order valence-electron chi connectivity index (χ4n) is 1.86. The van der Waals surface area contributed by atoms with Crippen LogP contribution in [0.25, 0.3) is 11.5 Å². The average molecular weight is 247 g/mol. The van der Waals surface area contributed by atoms with Gasteiger partial charge in [-0.2, -0.15) is 4.98 Å². The second-order valence-corrected chi connectivity index (χ2v) is 4.05. The standard InChI is InChI=1S/C12H13N3O3/c16-10-3-1-2-9(8-10)11-13-12(14-18-11)15-4-6-17-7-5-15/h1-3,8,16H,4-7H2. The number of aromatic nitrogens is 2. The molecule has 1 aromatic heterocycles. The molecule has 0 radical (unpaired) electrons. The largest absolute Gasteiger partial charge is 0.508 e. The van der Waals surface area contributed by atoms with Crippen molar-refractivity contribution in [1.82, 2.24) is 10.1 Å². The van der Waals surface area contributed by atoms with Crippen molar-refractivity contribution in [2.45, 2.75) is 0 Å². The Hall–Kier alpha value is -2.08. The van der Waals surface area contributed by atoms with Crippen LogP contribution in [0, 0.1) is 0 Å². The van der Waals surface area contributed by atoms with Crippen molar-refractivity contribution in [3.05, 3.63) is 24.3 Å². The molecule has 2 heterocycles. The van der Waals surface area contributed by atoms with Gasteiger partial charge in [0.25, 0.3) is 11.8 Å². The number of hydrogen-bond donors (Lipinski definition) is 1. The molecule has 6 nitrogen and oxygen atoms in total. The van der Waals surface area contributed by atoms with Gasteiger partial charge in [0.15, 0.2) is 0 Å². The summed E-state index contributed by atoms with van der Waals surface area (Å²) in [5.41, 5.74) is 0.710. The number of morpholine rings is 1. The van der Waals surface area contributed by atoms with E-state index in [9.17, 15) is 5.11 Å². The molecule has 94 valence electrons. The van der Waals surface area contributed by atoms with Crippen LogP contribution in [0.3, 0.4) is 0 Å². The Labute approximate surface area is 104 Å². The summed E-state index contributed by atoms with van der Waals surface area (Å²) in [4.78, 5) is 6.34. The third-order valence-corrected chi connectivity index (χ3v) is 2.80. The number of rotatable bonds is 2. The average Bonchev–Trinajstić information content (AvgIpc) is 2.89. The van der Waals surface area contributed by atoms with Crippen molar-refractivity contribution >= 4 is 5.95 Å². The Morgan fingerprint density at radius 2 is 2.06 bits per heavy atom. The molecule has 0 atom stereocenters. The predicted molar refractivity (Wildman–Crippen MR) is 64.4 cm³/mol. The first-order chi connectivity index (χ1) is 8.83. The fourth-order valence-corrected chi connectivity index (χ4v) is 1.86. The molecule has 0 aliphatic carbocycles. The number of benzene rings is 1. The zero-order valence-corrected chi connectivity index (χ0v) is 9.74. The second-order valence-electron chi connectivity index (χ2n) is 4.05. The Balaban J connectivity index is 1.84. The highest BCUT2D eigenvalue weighted by atomic mass is 16.5. The second kappa shape index (κ2) is 4.66. The van der Waals surface area contributed by atoms with E-state index >= 15 is 0 Å². The minimum atomic E-state index is 0.179. The van der Waals surface area contributed by atoms with Crippen LogP contribution in [0.4, 0.5) is 5.95 Å². The molecule has 2 aromatic rings. The number of aromatic hydroxyl groups is 1. The topological polar surface area (TPSA) is 71.6 Å². The molecule has 0 unspecified atom stereocenters. The van der Waals surface area contributed by atoms with E-state index in [0.29, 0.717) is 30.6 Å². The highest BCUT2D eigenvalue weighted by Crippen LogP contribution is 2.23. The highest BCUT2D eigenvalue weighted by molar-refractivity contribution is 5.56. The number of phenolic OH excluding ortho intramolecular Hbond substituents is 1. The summed E-state index contributed by atoms with van der Waals surface area (Å²) in [6.07, 6.45) is 0. The van der Waals surface area contributed by atoms with Crippen molar-refractivity contribution < 1.29 is 14.4 Å².